The van der Waals surface area contributed by atoms with Crippen molar-refractivity contribution in [1.29, 1.82) is 10.5 Å². The van der Waals surface area contributed by atoms with Crippen molar-refractivity contribution < 1.29 is 9.53 Å². The van der Waals surface area contributed by atoms with Gasteiger partial charge in [-0.05, 0) is 13.0 Å². The minimum Gasteiger partial charge on any atom is -0.466 e. The van der Waals surface area contributed by atoms with E-state index in [2.05, 4.69) is 11.3 Å². The standard InChI is InChI=1S/C7H6N2.C4H6O2/c1-7(6-9)4-2-3-5-8;1-3-4(5)6-2/h2-4H,1H3;3H,1H2,2H3. The molecule has 0 fully saturated rings. The van der Waals surface area contributed by atoms with E-state index in [4.69, 9.17) is 10.5 Å². The van der Waals surface area contributed by atoms with Crippen LogP contribution < -0.4 is 0 Å². The molecule has 0 aromatic rings. The summed E-state index contributed by atoms with van der Waals surface area (Å²) in [6, 6.07) is 3.74. The molecule has 0 aliphatic carbocycles. The molecule has 0 atom stereocenters. The fourth-order valence-corrected chi connectivity index (χ4v) is 0.356. The van der Waals surface area contributed by atoms with Crippen molar-refractivity contribution >= 4 is 5.97 Å². The third-order valence-corrected chi connectivity index (χ3v) is 1.06. The molecule has 4 nitrogen and oxygen atoms in total. The van der Waals surface area contributed by atoms with Gasteiger partial charge in [-0.1, -0.05) is 12.7 Å². The van der Waals surface area contributed by atoms with Gasteiger partial charge in [0.1, 0.15) is 0 Å². The van der Waals surface area contributed by atoms with Gasteiger partial charge in [0.2, 0.25) is 0 Å². The smallest absolute Gasteiger partial charge is 0.329 e. The lowest BCUT2D eigenvalue weighted by atomic mass is 10.3. The Morgan fingerprint density at radius 3 is 2.33 bits per heavy atom. The van der Waals surface area contributed by atoms with Crippen LogP contribution in [0.15, 0.2) is 36.5 Å². The molecule has 0 heterocycles. The first kappa shape index (κ1) is 15.2. The first-order chi connectivity index (χ1) is 7.12. The van der Waals surface area contributed by atoms with Crippen LogP contribution in [-0.2, 0) is 9.53 Å². The zero-order valence-corrected chi connectivity index (χ0v) is 8.73. The van der Waals surface area contributed by atoms with Gasteiger partial charge in [0.25, 0.3) is 0 Å². The molecular formula is C11H12N2O2. The van der Waals surface area contributed by atoms with E-state index in [0.717, 1.165) is 6.08 Å². The maximum absolute atomic E-state index is 9.84. The van der Waals surface area contributed by atoms with Gasteiger partial charge in [-0.2, -0.15) is 10.5 Å². The Kier molecular flexibility index (Phi) is 11.8. The number of nitrogens with zero attached hydrogens (tertiary/aromatic N) is 2. The molecular weight excluding hydrogens is 192 g/mol. The summed E-state index contributed by atoms with van der Waals surface area (Å²) in [5.74, 6) is -0.394. The normalized spacial score (nSPS) is 9.20. The molecule has 0 radical (unpaired) electrons. The molecule has 0 aliphatic rings. The van der Waals surface area contributed by atoms with Crippen LogP contribution in [0.4, 0.5) is 0 Å². The van der Waals surface area contributed by atoms with Crippen molar-refractivity contribution in [2.45, 2.75) is 6.92 Å². The van der Waals surface area contributed by atoms with Crippen molar-refractivity contribution in [1.82, 2.24) is 0 Å². The fourth-order valence-electron chi connectivity index (χ4n) is 0.356. The molecule has 0 amide bonds. The predicted octanol–water partition coefficient (Wildman–Crippen LogP) is 1.88. The average Bonchev–Trinajstić information content (AvgIpc) is 2.28. The minimum absolute atomic E-state index is 0.394. The summed E-state index contributed by atoms with van der Waals surface area (Å²) < 4.78 is 4.14. The van der Waals surface area contributed by atoms with Crippen molar-refractivity contribution in [3.8, 4) is 12.1 Å². The van der Waals surface area contributed by atoms with Gasteiger partial charge in [0.05, 0.1) is 19.2 Å². The summed E-state index contributed by atoms with van der Waals surface area (Å²) in [6.45, 7) is 4.84. The average molecular weight is 204 g/mol. The summed E-state index contributed by atoms with van der Waals surface area (Å²) in [4.78, 5) is 9.84. The molecule has 0 spiro atoms. The van der Waals surface area contributed by atoms with Crippen LogP contribution in [0.3, 0.4) is 0 Å². The summed E-state index contributed by atoms with van der Waals surface area (Å²) in [7, 11) is 1.31. The lowest BCUT2D eigenvalue weighted by molar-refractivity contribution is -0.134. The lowest BCUT2D eigenvalue weighted by Gasteiger charge is -1.83. The molecule has 0 saturated heterocycles. The van der Waals surface area contributed by atoms with E-state index < -0.39 is 5.97 Å². The molecule has 4 heteroatoms. The van der Waals surface area contributed by atoms with Crippen molar-refractivity contribution in [3.63, 3.8) is 0 Å². The van der Waals surface area contributed by atoms with E-state index in [9.17, 15) is 4.79 Å². The first-order valence-electron chi connectivity index (χ1n) is 3.95. The zero-order chi connectivity index (χ0) is 12.1. The Bertz CT molecular complexity index is 341. The van der Waals surface area contributed by atoms with Crippen LogP contribution in [0.25, 0.3) is 0 Å². The second kappa shape index (κ2) is 11.7. The van der Waals surface area contributed by atoms with Crippen LogP contribution in [0.5, 0.6) is 0 Å². The number of esters is 1. The molecule has 0 saturated carbocycles. The van der Waals surface area contributed by atoms with Gasteiger partial charge in [-0.25, -0.2) is 4.79 Å². The highest BCUT2D eigenvalue weighted by molar-refractivity contribution is 5.80. The van der Waals surface area contributed by atoms with E-state index in [1.54, 1.807) is 19.1 Å². The first-order valence-corrected chi connectivity index (χ1v) is 3.95. The number of allylic oxidation sites excluding steroid dienone is 4. The number of carbonyl (C=O) groups is 1. The largest absolute Gasteiger partial charge is 0.466 e. The van der Waals surface area contributed by atoms with Gasteiger partial charge in [-0.15, -0.1) is 0 Å². The molecule has 0 bridgehead atoms. The molecule has 0 aliphatic heterocycles. The monoisotopic (exact) mass is 204 g/mol. The third kappa shape index (κ3) is 14.5. The van der Waals surface area contributed by atoms with Gasteiger partial charge < -0.3 is 4.74 Å². The Hall–Kier alpha value is -2.33. The van der Waals surface area contributed by atoms with Gasteiger partial charge in [0, 0.05) is 17.7 Å². The number of methoxy groups -OCH3 is 1. The fraction of sp³-hybridized carbons (Fsp3) is 0.182. The zero-order valence-electron chi connectivity index (χ0n) is 8.73. The SMILES string of the molecule is C=CC(=O)OC.CC(C#N)=CC=CC#N. The number of nitriles is 2. The number of rotatable bonds is 2. The number of hydrogen-bond donors (Lipinski definition) is 0. The summed E-state index contributed by atoms with van der Waals surface area (Å²) >= 11 is 0. The van der Waals surface area contributed by atoms with Crippen molar-refractivity contribution in [3.05, 3.63) is 36.5 Å². The number of hydrogen-bond acceptors (Lipinski definition) is 4. The number of ether oxygens (including phenoxy) is 1. The van der Waals surface area contributed by atoms with Crippen LogP contribution >= 0.6 is 0 Å². The highest BCUT2D eigenvalue weighted by atomic mass is 16.5. The van der Waals surface area contributed by atoms with E-state index in [1.807, 2.05) is 12.1 Å². The highest BCUT2D eigenvalue weighted by Gasteiger charge is 1.81. The van der Waals surface area contributed by atoms with Gasteiger partial charge in [0.15, 0.2) is 0 Å². The van der Waals surface area contributed by atoms with E-state index in [1.165, 1.54) is 13.2 Å². The van der Waals surface area contributed by atoms with Crippen LogP contribution in [-0.4, -0.2) is 13.1 Å². The minimum atomic E-state index is -0.394. The Morgan fingerprint density at radius 2 is 2.07 bits per heavy atom. The van der Waals surface area contributed by atoms with Crippen LogP contribution in [0.2, 0.25) is 0 Å². The van der Waals surface area contributed by atoms with Crippen molar-refractivity contribution in [2.75, 3.05) is 7.11 Å². The van der Waals surface area contributed by atoms with Crippen LogP contribution in [0.1, 0.15) is 6.92 Å². The quantitative estimate of drug-likeness (QED) is 0.298. The van der Waals surface area contributed by atoms with E-state index >= 15 is 0 Å². The molecule has 78 valence electrons. The van der Waals surface area contributed by atoms with Gasteiger partial charge in [-0.3, -0.25) is 0 Å². The topological polar surface area (TPSA) is 73.9 Å². The molecule has 0 N–H and O–H groups in total. The number of carbonyl (C=O) groups excluding carboxylic acids is 1. The molecule has 0 aromatic carbocycles. The lowest BCUT2D eigenvalue weighted by Crippen LogP contribution is -1.91. The molecule has 0 aromatic heterocycles. The molecule has 0 unspecified atom stereocenters. The predicted molar refractivity (Wildman–Crippen MR) is 56.3 cm³/mol. The maximum Gasteiger partial charge on any atom is 0.329 e. The summed E-state index contributed by atoms with van der Waals surface area (Å²) in [5, 5.41) is 16.2. The summed E-state index contributed by atoms with van der Waals surface area (Å²) in [6.07, 6.45) is 5.56. The molecule has 0 rings (SSSR count). The highest BCUT2D eigenvalue weighted by Crippen LogP contribution is 1.87. The second-order valence-corrected chi connectivity index (χ2v) is 2.18. The Balaban J connectivity index is 0. The Labute approximate surface area is 89.4 Å². The Morgan fingerprint density at radius 1 is 1.47 bits per heavy atom. The van der Waals surface area contributed by atoms with Crippen LogP contribution in [0, 0.1) is 22.7 Å². The second-order valence-electron chi connectivity index (χ2n) is 2.18. The third-order valence-electron chi connectivity index (χ3n) is 1.06. The van der Waals surface area contributed by atoms with Gasteiger partial charge >= 0.3 is 5.97 Å². The van der Waals surface area contributed by atoms with E-state index in [-0.39, 0.29) is 0 Å². The van der Waals surface area contributed by atoms with Crippen molar-refractivity contribution in [2.24, 2.45) is 0 Å². The summed E-state index contributed by atoms with van der Waals surface area (Å²) in [5.41, 5.74) is 0.599. The molecule has 15 heavy (non-hydrogen) atoms. The maximum atomic E-state index is 9.84. The van der Waals surface area contributed by atoms with E-state index in [0.29, 0.717) is 5.57 Å².